The summed E-state index contributed by atoms with van der Waals surface area (Å²) in [6.45, 7) is 0.151. The molecule has 0 spiro atoms. The number of benzene rings is 1. The molecule has 2 rings (SSSR count). The van der Waals surface area contributed by atoms with Crippen molar-refractivity contribution in [2.45, 2.75) is 11.9 Å². The lowest BCUT2D eigenvalue weighted by Gasteiger charge is -2.07. The SMILES string of the molecule is Fc1cc(Cl)ccc1COc1ccc(CBr)nc1. The summed E-state index contributed by atoms with van der Waals surface area (Å²) < 4.78 is 18.9. The van der Waals surface area contributed by atoms with Crippen LogP contribution in [-0.2, 0) is 11.9 Å². The predicted molar refractivity (Wildman–Crippen MR) is 72.6 cm³/mol. The largest absolute Gasteiger partial charge is 0.487 e. The molecule has 0 saturated carbocycles. The number of ether oxygens (including phenoxy) is 1. The number of hydrogen-bond acceptors (Lipinski definition) is 2. The highest BCUT2D eigenvalue weighted by Crippen LogP contribution is 2.17. The molecule has 0 amide bonds. The maximum absolute atomic E-state index is 13.5. The number of rotatable bonds is 4. The number of hydrogen-bond donors (Lipinski definition) is 0. The van der Waals surface area contributed by atoms with E-state index in [1.165, 1.54) is 6.07 Å². The van der Waals surface area contributed by atoms with E-state index in [4.69, 9.17) is 16.3 Å². The number of halogens is 3. The first-order valence-electron chi connectivity index (χ1n) is 5.26. The van der Waals surface area contributed by atoms with Crippen molar-refractivity contribution in [3.63, 3.8) is 0 Å². The predicted octanol–water partition coefficient (Wildman–Crippen LogP) is 4.35. The van der Waals surface area contributed by atoms with Crippen LogP contribution in [-0.4, -0.2) is 4.98 Å². The van der Waals surface area contributed by atoms with Gasteiger partial charge in [0, 0.05) is 15.9 Å². The Balaban J connectivity index is 2.02. The summed E-state index contributed by atoms with van der Waals surface area (Å²) >= 11 is 8.98. The highest BCUT2D eigenvalue weighted by molar-refractivity contribution is 9.08. The standard InChI is InChI=1S/C13H10BrClFNO/c14-6-11-3-4-12(7-17-11)18-8-9-1-2-10(15)5-13(9)16/h1-5,7H,6,8H2. The van der Waals surface area contributed by atoms with E-state index in [-0.39, 0.29) is 12.4 Å². The fourth-order valence-electron chi connectivity index (χ4n) is 1.38. The van der Waals surface area contributed by atoms with Crippen LogP contribution in [0.3, 0.4) is 0 Å². The van der Waals surface area contributed by atoms with Gasteiger partial charge in [0.05, 0.1) is 11.9 Å². The van der Waals surface area contributed by atoms with Crippen molar-refractivity contribution >= 4 is 27.5 Å². The van der Waals surface area contributed by atoms with Crippen LogP contribution in [0.15, 0.2) is 36.5 Å². The summed E-state index contributed by atoms with van der Waals surface area (Å²) in [5, 5.41) is 1.07. The summed E-state index contributed by atoms with van der Waals surface area (Å²) in [6, 6.07) is 8.17. The maximum Gasteiger partial charge on any atom is 0.138 e. The molecule has 1 aromatic heterocycles. The van der Waals surface area contributed by atoms with Crippen LogP contribution >= 0.6 is 27.5 Å². The molecule has 1 heterocycles. The Morgan fingerprint density at radius 1 is 1.28 bits per heavy atom. The van der Waals surface area contributed by atoms with E-state index in [0.717, 1.165) is 5.69 Å². The van der Waals surface area contributed by atoms with E-state index >= 15 is 0 Å². The van der Waals surface area contributed by atoms with E-state index in [2.05, 4.69) is 20.9 Å². The number of pyridine rings is 1. The van der Waals surface area contributed by atoms with Gasteiger partial charge in [-0.05, 0) is 24.3 Å². The zero-order valence-corrected chi connectivity index (χ0v) is 11.7. The van der Waals surface area contributed by atoms with Crippen molar-refractivity contribution in [3.05, 3.63) is 58.6 Å². The van der Waals surface area contributed by atoms with Gasteiger partial charge in [-0.25, -0.2) is 4.39 Å². The Kier molecular flexibility index (Phi) is 4.55. The molecule has 18 heavy (non-hydrogen) atoms. The first-order valence-corrected chi connectivity index (χ1v) is 6.76. The molecule has 94 valence electrons. The van der Waals surface area contributed by atoms with Crippen molar-refractivity contribution in [1.29, 1.82) is 0 Å². The molecule has 0 unspecified atom stereocenters. The van der Waals surface area contributed by atoms with Crippen LogP contribution in [0.2, 0.25) is 5.02 Å². The van der Waals surface area contributed by atoms with Gasteiger partial charge in [-0.3, -0.25) is 4.98 Å². The van der Waals surface area contributed by atoms with Crippen molar-refractivity contribution in [2.24, 2.45) is 0 Å². The second-order valence-corrected chi connectivity index (χ2v) is 4.64. The molecule has 0 aliphatic rings. The molecule has 0 atom stereocenters. The smallest absolute Gasteiger partial charge is 0.138 e. The minimum absolute atomic E-state index is 0.151. The molecule has 0 radical (unpaired) electrons. The third-order valence-electron chi connectivity index (χ3n) is 2.34. The quantitative estimate of drug-likeness (QED) is 0.778. The molecule has 0 bridgehead atoms. The third kappa shape index (κ3) is 3.43. The zero-order chi connectivity index (χ0) is 13.0. The van der Waals surface area contributed by atoms with Gasteiger partial charge in [-0.2, -0.15) is 0 Å². The van der Waals surface area contributed by atoms with Crippen LogP contribution in [0, 0.1) is 5.82 Å². The van der Waals surface area contributed by atoms with Gasteiger partial charge in [-0.15, -0.1) is 0 Å². The Labute approximate surface area is 118 Å². The van der Waals surface area contributed by atoms with Crippen LogP contribution < -0.4 is 4.74 Å². The topological polar surface area (TPSA) is 22.1 Å². The summed E-state index contributed by atoms with van der Waals surface area (Å²) in [5.41, 5.74) is 1.38. The Hall–Kier alpha value is -1.13. The molecule has 1 aromatic carbocycles. The first-order chi connectivity index (χ1) is 8.69. The van der Waals surface area contributed by atoms with Gasteiger partial charge >= 0.3 is 0 Å². The van der Waals surface area contributed by atoms with Crippen LogP contribution in [0.5, 0.6) is 5.75 Å². The zero-order valence-electron chi connectivity index (χ0n) is 9.37. The molecule has 0 fully saturated rings. The average molecular weight is 331 g/mol. The summed E-state index contributed by atoms with van der Waals surface area (Å²) in [7, 11) is 0. The van der Waals surface area contributed by atoms with Gasteiger partial charge in [0.1, 0.15) is 18.2 Å². The van der Waals surface area contributed by atoms with Crippen LogP contribution in [0.25, 0.3) is 0 Å². The fraction of sp³-hybridized carbons (Fsp3) is 0.154. The van der Waals surface area contributed by atoms with E-state index < -0.39 is 0 Å². The highest BCUT2D eigenvalue weighted by atomic mass is 79.9. The molecule has 0 aliphatic carbocycles. The van der Waals surface area contributed by atoms with Crippen molar-refractivity contribution in [3.8, 4) is 5.75 Å². The summed E-state index contributed by atoms with van der Waals surface area (Å²) in [6.07, 6.45) is 1.62. The molecule has 2 aromatic rings. The highest BCUT2D eigenvalue weighted by Gasteiger charge is 2.04. The van der Waals surface area contributed by atoms with E-state index in [1.54, 1.807) is 24.4 Å². The van der Waals surface area contributed by atoms with Gasteiger partial charge in [-0.1, -0.05) is 33.6 Å². The number of aromatic nitrogens is 1. The van der Waals surface area contributed by atoms with Crippen molar-refractivity contribution in [2.75, 3.05) is 0 Å². The van der Waals surface area contributed by atoms with Gasteiger partial charge in [0.25, 0.3) is 0 Å². The lowest BCUT2D eigenvalue weighted by Crippen LogP contribution is -1.99. The first kappa shape index (κ1) is 13.3. The van der Waals surface area contributed by atoms with E-state index in [0.29, 0.717) is 21.7 Å². The molecular formula is C13H10BrClFNO. The summed E-state index contributed by atoms with van der Waals surface area (Å²) in [5.74, 6) is 0.238. The molecule has 0 aliphatic heterocycles. The van der Waals surface area contributed by atoms with E-state index in [9.17, 15) is 4.39 Å². The normalized spacial score (nSPS) is 10.4. The second-order valence-electron chi connectivity index (χ2n) is 3.64. The molecule has 5 heteroatoms. The van der Waals surface area contributed by atoms with Crippen LogP contribution in [0.4, 0.5) is 4.39 Å². The monoisotopic (exact) mass is 329 g/mol. The van der Waals surface area contributed by atoms with Gasteiger partial charge in [0.2, 0.25) is 0 Å². The molecule has 2 nitrogen and oxygen atoms in total. The Morgan fingerprint density at radius 2 is 2.11 bits per heavy atom. The minimum atomic E-state index is -0.368. The fourth-order valence-corrected chi connectivity index (χ4v) is 1.87. The van der Waals surface area contributed by atoms with Crippen LogP contribution in [0.1, 0.15) is 11.3 Å². The Bertz CT molecular complexity index is 533. The lowest BCUT2D eigenvalue weighted by atomic mass is 10.2. The van der Waals surface area contributed by atoms with Gasteiger partial charge in [0.15, 0.2) is 0 Å². The average Bonchev–Trinajstić information content (AvgIpc) is 2.38. The van der Waals surface area contributed by atoms with Crippen molar-refractivity contribution in [1.82, 2.24) is 4.98 Å². The maximum atomic E-state index is 13.5. The second kappa shape index (κ2) is 6.16. The summed E-state index contributed by atoms with van der Waals surface area (Å²) in [4.78, 5) is 4.16. The number of alkyl halides is 1. The molecule has 0 N–H and O–H groups in total. The molecular weight excluding hydrogens is 321 g/mol. The number of nitrogens with zero attached hydrogens (tertiary/aromatic N) is 1. The minimum Gasteiger partial charge on any atom is -0.487 e. The molecule has 0 saturated heterocycles. The van der Waals surface area contributed by atoms with Crippen molar-refractivity contribution < 1.29 is 9.13 Å². The van der Waals surface area contributed by atoms with E-state index in [1.807, 2.05) is 6.07 Å². The third-order valence-corrected chi connectivity index (χ3v) is 3.15. The lowest BCUT2D eigenvalue weighted by molar-refractivity contribution is 0.298. The van der Waals surface area contributed by atoms with Gasteiger partial charge < -0.3 is 4.74 Å². The Morgan fingerprint density at radius 3 is 2.72 bits per heavy atom.